The molecule has 0 aromatic heterocycles. The van der Waals surface area contributed by atoms with E-state index < -0.39 is 0 Å². The number of amides is 1. The van der Waals surface area contributed by atoms with Crippen molar-refractivity contribution in [3.8, 4) is 5.75 Å². The zero-order valence-corrected chi connectivity index (χ0v) is 13.6. The summed E-state index contributed by atoms with van der Waals surface area (Å²) in [7, 11) is 1.92. The van der Waals surface area contributed by atoms with Gasteiger partial charge >= 0.3 is 0 Å². The molecule has 2 fully saturated rings. The van der Waals surface area contributed by atoms with Crippen molar-refractivity contribution in [1.29, 1.82) is 0 Å². The minimum atomic E-state index is 0.252. The maximum atomic E-state index is 12.6. The van der Waals surface area contributed by atoms with Gasteiger partial charge in [-0.1, -0.05) is 12.1 Å². The van der Waals surface area contributed by atoms with E-state index in [-0.39, 0.29) is 5.92 Å². The van der Waals surface area contributed by atoms with Crippen molar-refractivity contribution in [3.05, 3.63) is 29.8 Å². The van der Waals surface area contributed by atoms with Crippen LogP contribution in [0.5, 0.6) is 5.75 Å². The molecule has 1 saturated heterocycles. The summed E-state index contributed by atoms with van der Waals surface area (Å²) >= 11 is 0. The van der Waals surface area contributed by atoms with Gasteiger partial charge in [0.1, 0.15) is 5.75 Å². The molecule has 1 aliphatic heterocycles. The second-order valence-electron chi connectivity index (χ2n) is 6.64. The average molecular weight is 302 g/mol. The third-order valence-corrected chi connectivity index (χ3v) is 5.12. The first-order valence-corrected chi connectivity index (χ1v) is 8.32. The minimum Gasteiger partial charge on any atom is -0.494 e. The fourth-order valence-electron chi connectivity index (χ4n) is 3.65. The van der Waals surface area contributed by atoms with Gasteiger partial charge in [-0.2, -0.15) is 0 Å². The van der Waals surface area contributed by atoms with Crippen molar-refractivity contribution in [2.45, 2.75) is 32.7 Å². The maximum absolute atomic E-state index is 12.6. The highest BCUT2D eigenvalue weighted by Crippen LogP contribution is 2.59. The smallest absolute Gasteiger partial charge is 0.226 e. The number of nitrogens with one attached hydrogen (secondary N) is 1. The third-order valence-electron chi connectivity index (χ3n) is 5.12. The zero-order valence-electron chi connectivity index (χ0n) is 13.6. The molecule has 1 N–H and O–H groups in total. The fraction of sp³-hybridized carbons (Fsp3) is 0.611. The fourth-order valence-corrected chi connectivity index (χ4v) is 3.65. The maximum Gasteiger partial charge on any atom is 0.226 e. The number of hydrogen-bond donors (Lipinski definition) is 1. The number of benzene rings is 1. The molecule has 1 aliphatic carbocycles. The number of piperidine rings is 1. The van der Waals surface area contributed by atoms with Crippen LogP contribution in [0, 0.1) is 11.3 Å². The quantitative estimate of drug-likeness (QED) is 0.908. The van der Waals surface area contributed by atoms with E-state index in [1.807, 2.05) is 43.1 Å². The van der Waals surface area contributed by atoms with Gasteiger partial charge in [0.05, 0.1) is 6.61 Å². The summed E-state index contributed by atoms with van der Waals surface area (Å²) in [6, 6.07) is 8.04. The van der Waals surface area contributed by atoms with E-state index in [0.29, 0.717) is 24.5 Å². The third kappa shape index (κ3) is 3.12. The van der Waals surface area contributed by atoms with Crippen molar-refractivity contribution >= 4 is 5.91 Å². The molecule has 0 bridgehead atoms. The lowest BCUT2D eigenvalue weighted by Gasteiger charge is -2.25. The van der Waals surface area contributed by atoms with Crippen LogP contribution in [0.25, 0.3) is 0 Å². The summed E-state index contributed by atoms with van der Waals surface area (Å²) < 4.78 is 5.45. The number of carbonyl (C=O) groups is 1. The first-order valence-electron chi connectivity index (χ1n) is 8.32. The number of ether oxygens (including phenoxy) is 1. The van der Waals surface area contributed by atoms with Crippen molar-refractivity contribution in [2.75, 3.05) is 26.7 Å². The van der Waals surface area contributed by atoms with E-state index in [1.54, 1.807) is 0 Å². The van der Waals surface area contributed by atoms with Gasteiger partial charge in [0.2, 0.25) is 5.91 Å². The molecule has 120 valence electrons. The van der Waals surface area contributed by atoms with Gasteiger partial charge in [-0.25, -0.2) is 0 Å². The van der Waals surface area contributed by atoms with Crippen molar-refractivity contribution in [2.24, 2.45) is 11.3 Å². The first-order chi connectivity index (χ1) is 10.6. The number of carbonyl (C=O) groups excluding carboxylic acids is 1. The van der Waals surface area contributed by atoms with E-state index in [2.05, 4.69) is 5.32 Å². The van der Waals surface area contributed by atoms with E-state index in [0.717, 1.165) is 43.7 Å². The van der Waals surface area contributed by atoms with Crippen molar-refractivity contribution in [1.82, 2.24) is 10.2 Å². The Bertz CT molecular complexity index is 520. The van der Waals surface area contributed by atoms with Gasteiger partial charge in [0, 0.05) is 19.5 Å². The highest BCUT2D eigenvalue weighted by Gasteiger charge is 2.58. The lowest BCUT2D eigenvalue weighted by atomic mass is 9.91. The van der Waals surface area contributed by atoms with Gasteiger partial charge in [-0.05, 0) is 62.4 Å². The molecule has 4 nitrogen and oxygen atoms in total. The summed E-state index contributed by atoms with van der Waals surface area (Å²) in [6.07, 6.45) is 3.39. The molecule has 1 heterocycles. The molecule has 0 radical (unpaired) electrons. The Morgan fingerprint density at radius 1 is 1.32 bits per heavy atom. The monoisotopic (exact) mass is 302 g/mol. The van der Waals surface area contributed by atoms with Crippen molar-refractivity contribution in [3.63, 3.8) is 0 Å². The van der Waals surface area contributed by atoms with Gasteiger partial charge in [-0.3, -0.25) is 4.79 Å². The Balaban J connectivity index is 1.55. The highest BCUT2D eigenvalue weighted by molar-refractivity contribution is 5.82. The number of rotatable bonds is 5. The number of hydrogen-bond acceptors (Lipinski definition) is 3. The Labute approximate surface area is 132 Å². The first kappa shape index (κ1) is 15.3. The molecular weight excluding hydrogens is 276 g/mol. The Morgan fingerprint density at radius 3 is 2.64 bits per heavy atom. The standard InChI is InChI=1S/C18H26N2O2/c1-3-22-15-6-4-14(5-7-15)13-20(2)17(21)16-12-18(16)8-10-19-11-9-18/h4-7,16,19H,3,8-13H2,1-2H3. The van der Waals surface area contributed by atoms with Crippen LogP contribution in [-0.4, -0.2) is 37.6 Å². The van der Waals surface area contributed by atoms with E-state index in [9.17, 15) is 4.79 Å². The second kappa shape index (κ2) is 6.29. The Kier molecular flexibility index (Phi) is 4.39. The minimum absolute atomic E-state index is 0.252. The molecule has 1 aromatic carbocycles. The summed E-state index contributed by atoms with van der Waals surface area (Å²) in [5.74, 6) is 1.45. The lowest BCUT2D eigenvalue weighted by Crippen LogP contribution is -2.34. The second-order valence-corrected chi connectivity index (χ2v) is 6.64. The SMILES string of the molecule is CCOc1ccc(CN(C)C(=O)C2CC23CCNCC3)cc1. The molecule has 1 unspecified atom stereocenters. The van der Waals surface area contributed by atoms with E-state index in [1.165, 1.54) is 0 Å². The largest absolute Gasteiger partial charge is 0.494 e. The normalized spacial score (nSPS) is 22.4. The number of nitrogens with zero attached hydrogens (tertiary/aromatic N) is 1. The summed E-state index contributed by atoms with van der Waals surface area (Å²) in [4.78, 5) is 14.5. The van der Waals surface area contributed by atoms with Crippen LogP contribution in [0.1, 0.15) is 31.7 Å². The van der Waals surface area contributed by atoms with Gasteiger partial charge < -0.3 is 15.0 Å². The van der Waals surface area contributed by atoms with Crippen LogP contribution in [0.2, 0.25) is 0 Å². The molecule has 1 atom stereocenters. The highest BCUT2D eigenvalue weighted by atomic mass is 16.5. The summed E-state index contributed by atoms with van der Waals surface area (Å²) in [5.41, 5.74) is 1.47. The molecule has 2 aliphatic rings. The van der Waals surface area contributed by atoms with E-state index >= 15 is 0 Å². The van der Waals surface area contributed by atoms with Crippen LogP contribution < -0.4 is 10.1 Å². The molecule has 4 heteroatoms. The summed E-state index contributed by atoms with van der Waals surface area (Å²) in [6.45, 7) is 5.46. The average Bonchev–Trinajstić information content (AvgIpc) is 3.22. The van der Waals surface area contributed by atoms with Crippen molar-refractivity contribution < 1.29 is 9.53 Å². The zero-order chi connectivity index (χ0) is 15.6. The molecule has 22 heavy (non-hydrogen) atoms. The topological polar surface area (TPSA) is 41.6 Å². The lowest BCUT2D eigenvalue weighted by molar-refractivity contribution is -0.132. The van der Waals surface area contributed by atoms with Crippen LogP contribution in [0.3, 0.4) is 0 Å². The molecule has 1 spiro atoms. The molecule has 3 rings (SSSR count). The molecule has 1 aromatic rings. The van der Waals surface area contributed by atoms with Gasteiger partial charge in [0.15, 0.2) is 0 Å². The van der Waals surface area contributed by atoms with Crippen LogP contribution in [-0.2, 0) is 11.3 Å². The Hall–Kier alpha value is -1.55. The van der Waals surface area contributed by atoms with Gasteiger partial charge in [0.25, 0.3) is 0 Å². The van der Waals surface area contributed by atoms with Crippen LogP contribution in [0.15, 0.2) is 24.3 Å². The summed E-state index contributed by atoms with van der Waals surface area (Å²) in [5, 5.41) is 3.39. The van der Waals surface area contributed by atoms with Crippen LogP contribution >= 0.6 is 0 Å². The van der Waals surface area contributed by atoms with E-state index in [4.69, 9.17) is 4.74 Å². The predicted octanol–water partition coefficient (Wildman–Crippen LogP) is 2.43. The molecule has 1 amide bonds. The van der Waals surface area contributed by atoms with Crippen LogP contribution in [0.4, 0.5) is 0 Å². The van der Waals surface area contributed by atoms with Gasteiger partial charge in [-0.15, -0.1) is 0 Å². The Morgan fingerprint density at radius 2 is 2.00 bits per heavy atom. The molecule has 1 saturated carbocycles. The molecular formula is C18H26N2O2. The predicted molar refractivity (Wildman–Crippen MR) is 86.7 cm³/mol.